The molecule has 1 aliphatic heterocycles. The van der Waals surface area contributed by atoms with Gasteiger partial charge < -0.3 is 14.2 Å². The Bertz CT molecular complexity index is 444. The molecule has 0 saturated heterocycles. The standard InChI is InChI=1S/C12H13BrO4/c1-3-7-6-16-10-5-9(13)8(12(14)15-2)4-11(10)17-7/h4-5,7H,3,6H2,1-2H3. The van der Waals surface area contributed by atoms with E-state index >= 15 is 0 Å². The molecule has 92 valence electrons. The van der Waals surface area contributed by atoms with Crippen LogP contribution in [-0.2, 0) is 4.74 Å². The fourth-order valence-corrected chi connectivity index (χ4v) is 2.09. The van der Waals surface area contributed by atoms with Crippen molar-refractivity contribution in [1.82, 2.24) is 0 Å². The minimum Gasteiger partial charge on any atom is -0.486 e. The molecule has 0 fully saturated rings. The Balaban J connectivity index is 2.37. The first kappa shape index (κ1) is 12.2. The van der Waals surface area contributed by atoms with Gasteiger partial charge in [-0.15, -0.1) is 0 Å². The van der Waals surface area contributed by atoms with E-state index in [0.29, 0.717) is 28.1 Å². The van der Waals surface area contributed by atoms with Gasteiger partial charge in [0.25, 0.3) is 0 Å². The third-order valence-electron chi connectivity index (χ3n) is 2.61. The number of benzene rings is 1. The zero-order valence-electron chi connectivity index (χ0n) is 9.66. The molecule has 2 rings (SSSR count). The number of hydrogen-bond donors (Lipinski definition) is 0. The molecule has 17 heavy (non-hydrogen) atoms. The molecule has 0 radical (unpaired) electrons. The molecular formula is C12H13BrO4. The number of esters is 1. The molecule has 4 nitrogen and oxygen atoms in total. The molecule has 1 heterocycles. The molecule has 0 aliphatic carbocycles. The normalized spacial score (nSPS) is 17.7. The number of fused-ring (bicyclic) bond motifs is 1. The summed E-state index contributed by atoms with van der Waals surface area (Å²) in [5.74, 6) is 0.836. The average molecular weight is 301 g/mol. The molecule has 1 aliphatic rings. The highest BCUT2D eigenvalue weighted by Crippen LogP contribution is 2.37. The van der Waals surface area contributed by atoms with Crippen molar-refractivity contribution >= 4 is 21.9 Å². The summed E-state index contributed by atoms with van der Waals surface area (Å²) in [4.78, 5) is 11.5. The zero-order valence-corrected chi connectivity index (χ0v) is 11.2. The molecule has 0 amide bonds. The lowest BCUT2D eigenvalue weighted by atomic mass is 10.1. The van der Waals surface area contributed by atoms with Gasteiger partial charge in [-0.2, -0.15) is 0 Å². The van der Waals surface area contributed by atoms with Gasteiger partial charge >= 0.3 is 5.97 Å². The number of methoxy groups -OCH3 is 1. The zero-order chi connectivity index (χ0) is 12.4. The molecule has 0 saturated carbocycles. The van der Waals surface area contributed by atoms with Crippen molar-refractivity contribution < 1.29 is 19.0 Å². The maximum Gasteiger partial charge on any atom is 0.339 e. The number of rotatable bonds is 2. The van der Waals surface area contributed by atoms with Crippen molar-refractivity contribution in [2.75, 3.05) is 13.7 Å². The Morgan fingerprint density at radius 3 is 2.94 bits per heavy atom. The lowest BCUT2D eigenvalue weighted by molar-refractivity contribution is 0.0595. The van der Waals surface area contributed by atoms with Crippen LogP contribution in [0.4, 0.5) is 0 Å². The quantitative estimate of drug-likeness (QED) is 0.788. The summed E-state index contributed by atoms with van der Waals surface area (Å²) >= 11 is 3.31. The van der Waals surface area contributed by atoms with Crippen LogP contribution in [0.25, 0.3) is 0 Å². The molecule has 0 N–H and O–H groups in total. The van der Waals surface area contributed by atoms with Gasteiger partial charge in [0, 0.05) is 4.47 Å². The molecule has 0 aromatic heterocycles. The first-order chi connectivity index (χ1) is 8.15. The minimum atomic E-state index is -0.401. The highest BCUT2D eigenvalue weighted by Gasteiger charge is 2.23. The number of carbonyl (C=O) groups excluding carboxylic acids is 1. The van der Waals surface area contributed by atoms with E-state index in [1.807, 2.05) is 6.92 Å². The topological polar surface area (TPSA) is 44.8 Å². The number of halogens is 1. The van der Waals surface area contributed by atoms with Crippen molar-refractivity contribution in [2.24, 2.45) is 0 Å². The van der Waals surface area contributed by atoms with E-state index in [9.17, 15) is 4.79 Å². The molecule has 1 unspecified atom stereocenters. The van der Waals surface area contributed by atoms with Crippen LogP contribution in [-0.4, -0.2) is 25.8 Å². The lowest BCUT2D eigenvalue weighted by Gasteiger charge is -2.26. The maximum atomic E-state index is 11.5. The van der Waals surface area contributed by atoms with Crippen LogP contribution in [0.5, 0.6) is 11.5 Å². The molecule has 0 spiro atoms. The first-order valence-corrected chi connectivity index (χ1v) is 6.16. The highest BCUT2D eigenvalue weighted by atomic mass is 79.9. The second-order valence-electron chi connectivity index (χ2n) is 3.73. The predicted molar refractivity (Wildman–Crippen MR) is 65.7 cm³/mol. The van der Waals surface area contributed by atoms with Gasteiger partial charge in [0.1, 0.15) is 12.7 Å². The van der Waals surface area contributed by atoms with Crippen LogP contribution in [0.15, 0.2) is 16.6 Å². The van der Waals surface area contributed by atoms with Crippen LogP contribution in [0.2, 0.25) is 0 Å². The second-order valence-corrected chi connectivity index (χ2v) is 4.58. The summed E-state index contributed by atoms with van der Waals surface area (Å²) in [6.45, 7) is 2.56. The van der Waals surface area contributed by atoms with Gasteiger partial charge in [0.2, 0.25) is 0 Å². The third kappa shape index (κ3) is 2.39. The Hall–Kier alpha value is -1.23. The smallest absolute Gasteiger partial charge is 0.339 e. The van der Waals surface area contributed by atoms with E-state index in [-0.39, 0.29) is 6.10 Å². The van der Waals surface area contributed by atoms with Gasteiger partial charge in [-0.3, -0.25) is 0 Å². The molecule has 1 atom stereocenters. The Kier molecular flexibility index (Phi) is 3.57. The monoisotopic (exact) mass is 300 g/mol. The van der Waals surface area contributed by atoms with Crippen LogP contribution < -0.4 is 9.47 Å². The van der Waals surface area contributed by atoms with Gasteiger partial charge in [-0.25, -0.2) is 4.79 Å². The van der Waals surface area contributed by atoms with Gasteiger partial charge in [0.05, 0.1) is 12.7 Å². The molecular weight excluding hydrogens is 288 g/mol. The van der Waals surface area contributed by atoms with Crippen LogP contribution in [0, 0.1) is 0 Å². The fourth-order valence-electron chi connectivity index (χ4n) is 1.60. The van der Waals surface area contributed by atoms with Crippen molar-refractivity contribution in [3.05, 3.63) is 22.2 Å². The summed E-state index contributed by atoms with van der Waals surface area (Å²) in [7, 11) is 1.35. The maximum absolute atomic E-state index is 11.5. The summed E-state index contributed by atoms with van der Waals surface area (Å²) < 4.78 is 16.6. The van der Waals surface area contributed by atoms with E-state index in [0.717, 1.165) is 6.42 Å². The minimum absolute atomic E-state index is 0.0363. The lowest BCUT2D eigenvalue weighted by Crippen LogP contribution is -2.28. The van der Waals surface area contributed by atoms with E-state index in [2.05, 4.69) is 15.9 Å². The van der Waals surface area contributed by atoms with E-state index in [1.54, 1.807) is 12.1 Å². The van der Waals surface area contributed by atoms with Crippen molar-refractivity contribution in [2.45, 2.75) is 19.4 Å². The van der Waals surface area contributed by atoms with Crippen molar-refractivity contribution in [3.63, 3.8) is 0 Å². The fraction of sp³-hybridized carbons (Fsp3) is 0.417. The van der Waals surface area contributed by atoms with E-state index in [1.165, 1.54) is 7.11 Å². The van der Waals surface area contributed by atoms with E-state index < -0.39 is 5.97 Å². The molecule has 5 heteroatoms. The van der Waals surface area contributed by atoms with Crippen molar-refractivity contribution in [3.8, 4) is 11.5 Å². The predicted octanol–water partition coefficient (Wildman–Crippen LogP) is 2.79. The van der Waals surface area contributed by atoms with Crippen LogP contribution in [0.1, 0.15) is 23.7 Å². The molecule has 0 bridgehead atoms. The van der Waals surface area contributed by atoms with Crippen LogP contribution in [0.3, 0.4) is 0 Å². The number of carbonyl (C=O) groups is 1. The summed E-state index contributed by atoms with van der Waals surface area (Å²) in [5.41, 5.74) is 0.437. The second kappa shape index (κ2) is 4.96. The Morgan fingerprint density at radius 1 is 1.53 bits per heavy atom. The van der Waals surface area contributed by atoms with Gasteiger partial charge in [-0.05, 0) is 34.5 Å². The first-order valence-electron chi connectivity index (χ1n) is 5.37. The van der Waals surface area contributed by atoms with Crippen molar-refractivity contribution in [1.29, 1.82) is 0 Å². The SMILES string of the molecule is CCC1COc2cc(Br)c(C(=O)OC)cc2O1. The Labute approximate surface area is 108 Å². The summed E-state index contributed by atoms with van der Waals surface area (Å²) in [6, 6.07) is 3.38. The summed E-state index contributed by atoms with van der Waals surface area (Å²) in [6.07, 6.45) is 0.900. The van der Waals surface area contributed by atoms with Gasteiger partial charge in [0.15, 0.2) is 11.5 Å². The number of hydrogen-bond acceptors (Lipinski definition) is 4. The molecule has 1 aromatic carbocycles. The molecule has 1 aromatic rings. The largest absolute Gasteiger partial charge is 0.486 e. The van der Waals surface area contributed by atoms with Crippen LogP contribution >= 0.6 is 15.9 Å². The van der Waals surface area contributed by atoms with E-state index in [4.69, 9.17) is 14.2 Å². The van der Waals surface area contributed by atoms with Gasteiger partial charge in [-0.1, -0.05) is 6.92 Å². The average Bonchev–Trinajstić information content (AvgIpc) is 2.36. The third-order valence-corrected chi connectivity index (χ3v) is 3.27. The summed E-state index contributed by atoms with van der Waals surface area (Å²) in [5, 5.41) is 0. The Morgan fingerprint density at radius 2 is 2.29 bits per heavy atom. The number of ether oxygens (including phenoxy) is 3. The highest BCUT2D eigenvalue weighted by molar-refractivity contribution is 9.10.